The number of aromatic nitrogens is 2. The number of ether oxygens (including phenoxy) is 2. The van der Waals surface area contributed by atoms with Crippen LogP contribution in [0.15, 0.2) is 36.7 Å². The van der Waals surface area contributed by atoms with Gasteiger partial charge in [-0.2, -0.15) is 0 Å². The number of nitrogens with zero attached hydrogens (tertiary/aromatic N) is 3. The fraction of sp³-hybridized carbons (Fsp3) is 0.621. The minimum atomic E-state index is -0.820. The van der Waals surface area contributed by atoms with Crippen LogP contribution < -0.4 is 4.74 Å². The van der Waals surface area contributed by atoms with E-state index in [2.05, 4.69) is 29.5 Å². The summed E-state index contributed by atoms with van der Waals surface area (Å²) in [6.45, 7) is 8.94. The number of aliphatic carboxylic acids is 1. The second-order valence-electron chi connectivity index (χ2n) is 11.7. The number of para-hydroxylation sites is 1. The Hall–Kier alpha value is -2.87. The molecule has 0 aliphatic carbocycles. The predicted molar refractivity (Wildman–Crippen MR) is 138 cm³/mol. The molecule has 0 saturated carbocycles. The third-order valence-electron chi connectivity index (χ3n) is 8.62. The lowest BCUT2D eigenvalue weighted by Gasteiger charge is -2.55. The van der Waals surface area contributed by atoms with Crippen LogP contribution in [0, 0.1) is 11.3 Å². The van der Waals surface area contributed by atoms with Gasteiger partial charge in [0.15, 0.2) is 0 Å². The average Bonchev–Trinajstić information content (AvgIpc) is 3.36. The Morgan fingerprint density at radius 3 is 2.84 bits per heavy atom. The molecule has 1 amide bonds. The van der Waals surface area contributed by atoms with E-state index < -0.39 is 11.6 Å². The van der Waals surface area contributed by atoms with Crippen molar-refractivity contribution >= 4 is 11.9 Å². The summed E-state index contributed by atoms with van der Waals surface area (Å²) in [6.07, 6.45) is 7.33. The van der Waals surface area contributed by atoms with Crippen LogP contribution >= 0.6 is 0 Å². The van der Waals surface area contributed by atoms with Gasteiger partial charge in [0.2, 0.25) is 5.91 Å². The molecule has 3 aliphatic rings. The molecular formula is C29H39N3O5. The predicted octanol–water partition coefficient (Wildman–Crippen LogP) is 4.80. The molecule has 0 radical (unpaired) electrons. The van der Waals surface area contributed by atoms with Gasteiger partial charge in [-0.3, -0.25) is 9.59 Å². The van der Waals surface area contributed by atoms with Crippen LogP contribution in [-0.2, 0) is 20.9 Å². The van der Waals surface area contributed by atoms with Crippen LogP contribution in [0.25, 0.3) is 0 Å². The van der Waals surface area contributed by atoms with Crippen LogP contribution in [0.5, 0.6) is 5.75 Å². The number of aryl methyl sites for hydroxylation is 1. The monoisotopic (exact) mass is 509 g/mol. The molecule has 3 aliphatic heterocycles. The lowest BCUT2D eigenvalue weighted by atomic mass is 9.64. The number of carbonyl (C=O) groups is 2. The molecule has 0 bridgehead atoms. The van der Waals surface area contributed by atoms with Gasteiger partial charge >= 0.3 is 5.97 Å². The first-order valence-corrected chi connectivity index (χ1v) is 13.6. The number of carboxylic acid groups (broad SMARTS) is 1. The van der Waals surface area contributed by atoms with Crippen molar-refractivity contribution in [1.82, 2.24) is 14.5 Å². The molecule has 2 aromatic rings. The number of rotatable bonds is 7. The Morgan fingerprint density at radius 2 is 2.05 bits per heavy atom. The molecule has 200 valence electrons. The van der Waals surface area contributed by atoms with E-state index in [9.17, 15) is 14.7 Å². The molecule has 5 rings (SSSR count). The van der Waals surface area contributed by atoms with E-state index in [0.717, 1.165) is 42.9 Å². The van der Waals surface area contributed by atoms with Gasteiger partial charge in [0, 0.05) is 67.7 Å². The zero-order valence-corrected chi connectivity index (χ0v) is 22.2. The number of amides is 1. The summed E-state index contributed by atoms with van der Waals surface area (Å²) in [5, 5.41) is 9.42. The molecule has 2 fully saturated rings. The number of carboxylic acids is 1. The minimum absolute atomic E-state index is 0.0186. The normalized spacial score (nSPS) is 29.0. The SMILES string of the molecule is CC(C)c1nccn1CCC(=O)N1CCC[C@]2(CO[C@H]3c4ccccc4O[C@](C)(CCC(=O)O)[C@@H]3C2)C1. The van der Waals surface area contributed by atoms with Crippen molar-refractivity contribution in [3.8, 4) is 5.75 Å². The van der Waals surface area contributed by atoms with Gasteiger partial charge in [-0.1, -0.05) is 32.0 Å². The van der Waals surface area contributed by atoms with Gasteiger partial charge < -0.3 is 24.0 Å². The van der Waals surface area contributed by atoms with Gasteiger partial charge in [-0.15, -0.1) is 0 Å². The standard InChI is InChI=1S/C29H39N3O5/c1-20(2)27-30-13-16-31(27)15-10-24(33)32-14-6-11-29(18-32)17-22-26(36-19-29)21-7-4-5-8-23(21)37-28(22,3)12-9-25(34)35/h4-5,7-8,13,16,20,22,26H,6,9-12,14-15,17-19H2,1-3H3,(H,34,35)/t22-,26+,28-,29-/m1/s1. The fourth-order valence-electron chi connectivity index (χ4n) is 6.67. The van der Waals surface area contributed by atoms with Crippen molar-refractivity contribution in [3.63, 3.8) is 0 Å². The smallest absolute Gasteiger partial charge is 0.303 e. The molecule has 8 heteroatoms. The summed E-state index contributed by atoms with van der Waals surface area (Å²) in [6, 6.07) is 7.95. The minimum Gasteiger partial charge on any atom is -0.487 e. The highest BCUT2D eigenvalue weighted by atomic mass is 16.5. The first-order chi connectivity index (χ1) is 17.7. The Bertz CT molecular complexity index is 1150. The summed E-state index contributed by atoms with van der Waals surface area (Å²) in [4.78, 5) is 31.2. The maximum Gasteiger partial charge on any atom is 0.303 e. The molecule has 1 aromatic carbocycles. The third-order valence-corrected chi connectivity index (χ3v) is 8.62. The van der Waals surface area contributed by atoms with Gasteiger partial charge in [0.1, 0.15) is 17.2 Å². The molecule has 37 heavy (non-hydrogen) atoms. The third kappa shape index (κ3) is 5.13. The molecule has 4 heterocycles. The highest BCUT2D eigenvalue weighted by molar-refractivity contribution is 5.76. The highest BCUT2D eigenvalue weighted by Gasteiger charge is 2.54. The fourth-order valence-corrected chi connectivity index (χ4v) is 6.67. The van der Waals surface area contributed by atoms with Gasteiger partial charge in [0.05, 0.1) is 12.7 Å². The molecule has 1 spiro atoms. The van der Waals surface area contributed by atoms with E-state index in [1.54, 1.807) is 6.20 Å². The zero-order chi connectivity index (χ0) is 26.2. The number of likely N-dealkylation sites (tertiary alicyclic amines) is 1. The second kappa shape index (κ2) is 10.1. The maximum absolute atomic E-state index is 13.3. The summed E-state index contributed by atoms with van der Waals surface area (Å²) < 4.78 is 15.2. The molecule has 2 saturated heterocycles. The molecule has 4 atom stereocenters. The Kier molecular flexibility index (Phi) is 7.05. The maximum atomic E-state index is 13.3. The second-order valence-corrected chi connectivity index (χ2v) is 11.7. The number of piperidine rings is 1. The number of hydrogen-bond donors (Lipinski definition) is 1. The molecule has 1 aromatic heterocycles. The lowest BCUT2D eigenvalue weighted by molar-refractivity contribution is -0.185. The summed E-state index contributed by atoms with van der Waals surface area (Å²) in [7, 11) is 0. The van der Waals surface area contributed by atoms with Crippen LogP contribution in [0.4, 0.5) is 0 Å². The number of hydrogen-bond acceptors (Lipinski definition) is 5. The van der Waals surface area contributed by atoms with E-state index >= 15 is 0 Å². The van der Waals surface area contributed by atoms with E-state index in [0.29, 0.717) is 38.5 Å². The number of benzene rings is 1. The van der Waals surface area contributed by atoms with Crippen LogP contribution in [-0.4, -0.2) is 56.7 Å². The molecule has 1 N–H and O–H groups in total. The van der Waals surface area contributed by atoms with Crippen molar-refractivity contribution in [2.45, 2.75) is 83.5 Å². The highest BCUT2D eigenvalue weighted by Crippen LogP contribution is 2.56. The Morgan fingerprint density at radius 1 is 1.24 bits per heavy atom. The van der Waals surface area contributed by atoms with E-state index in [1.165, 1.54) is 0 Å². The Balaban J connectivity index is 1.32. The van der Waals surface area contributed by atoms with E-state index in [-0.39, 0.29) is 29.8 Å². The number of fused-ring (bicyclic) bond motifs is 3. The quantitative estimate of drug-likeness (QED) is 0.576. The number of imidazole rings is 1. The zero-order valence-electron chi connectivity index (χ0n) is 22.2. The first kappa shape index (κ1) is 25.8. The van der Waals surface area contributed by atoms with Crippen molar-refractivity contribution in [2.24, 2.45) is 11.3 Å². The van der Waals surface area contributed by atoms with Crippen LogP contribution in [0.3, 0.4) is 0 Å². The van der Waals surface area contributed by atoms with Crippen molar-refractivity contribution in [1.29, 1.82) is 0 Å². The molecule has 0 unspecified atom stereocenters. The van der Waals surface area contributed by atoms with Crippen molar-refractivity contribution in [2.75, 3.05) is 19.7 Å². The summed E-state index contributed by atoms with van der Waals surface area (Å²) in [5.41, 5.74) is 0.249. The van der Waals surface area contributed by atoms with Crippen molar-refractivity contribution in [3.05, 3.63) is 48.0 Å². The van der Waals surface area contributed by atoms with Crippen LogP contribution in [0.2, 0.25) is 0 Å². The van der Waals surface area contributed by atoms with Crippen molar-refractivity contribution < 1.29 is 24.2 Å². The lowest BCUT2D eigenvalue weighted by Crippen LogP contribution is -2.57. The topological polar surface area (TPSA) is 93.9 Å². The largest absolute Gasteiger partial charge is 0.487 e. The molecule has 8 nitrogen and oxygen atoms in total. The Labute approximate surface area is 219 Å². The molecular weight excluding hydrogens is 470 g/mol. The average molecular weight is 510 g/mol. The van der Waals surface area contributed by atoms with E-state index in [4.69, 9.17) is 9.47 Å². The summed E-state index contributed by atoms with van der Waals surface area (Å²) in [5.74, 6) is 1.48. The summed E-state index contributed by atoms with van der Waals surface area (Å²) >= 11 is 0. The van der Waals surface area contributed by atoms with Gasteiger partial charge in [-0.25, -0.2) is 4.98 Å². The van der Waals surface area contributed by atoms with Gasteiger partial charge in [0.25, 0.3) is 0 Å². The van der Waals surface area contributed by atoms with Crippen LogP contribution in [0.1, 0.15) is 82.7 Å². The van der Waals surface area contributed by atoms with E-state index in [1.807, 2.05) is 36.2 Å². The first-order valence-electron chi connectivity index (χ1n) is 13.6. The number of carbonyl (C=O) groups excluding carboxylic acids is 1. The van der Waals surface area contributed by atoms with Gasteiger partial charge in [-0.05, 0) is 38.7 Å².